The quantitative estimate of drug-likeness (QED) is 0.438. The molecule has 0 aliphatic heterocycles. The summed E-state index contributed by atoms with van der Waals surface area (Å²) in [7, 11) is 1.62. The Morgan fingerprint density at radius 1 is 0.828 bits per heavy atom. The van der Waals surface area contributed by atoms with Gasteiger partial charge in [-0.05, 0) is 55.5 Å². The van der Waals surface area contributed by atoms with E-state index in [1.807, 2.05) is 85.8 Å². The fourth-order valence-electron chi connectivity index (χ4n) is 2.87. The van der Waals surface area contributed by atoms with Gasteiger partial charge in [-0.25, -0.2) is 0 Å². The normalized spacial score (nSPS) is 11.7. The van der Waals surface area contributed by atoms with Crippen LogP contribution in [0.4, 0.5) is 5.69 Å². The van der Waals surface area contributed by atoms with Gasteiger partial charge in [0.2, 0.25) is 11.8 Å². The van der Waals surface area contributed by atoms with Crippen LogP contribution in [0.15, 0.2) is 83.3 Å². The van der Waals surface area contributed by atoms with Crippen molar-refractivity contribution in [1.29, 1.82) is 0 Å². The molecule has 6 nitrogen and oxygen atoms in total. The molecule has 146 valence electrons. The lowest BCUT2D eigenvalue weighted by molar-refractivity contribution is 0.379. The third-order valence-corrected chi connectivity index (χ3v) is 4.37. The molecule has 0 bridgehead atoms. The Kier molecular flexibility index (Phi) is 5.42. The lowest BCUT2D eigenvalue weighted by atomic mass is 10.2. The summed E-state index contributed by atoms with van der Waals surface area (Å²) in [6.07, 6.45) is 0. The van der Waals surface area contributed by atoms with Crippen LogP contribution in [0.2, 0.25) is 0 Å². The molecule has 0 saturated carbocycles. The van der Waals surface area contributed by atoms with E-state index in [-0.39, 0.29) is 6.04 Å². The molecule has 1 unspecified atom stereocenters. The molecule has 4 rings (SSSR count). The van der Waals surface area contributed by atoms with Crippen LogP contribution in [0.5, 0.6) is 17.2 Å². The number of benzene rings is 3. The maximum atomic E-state index is 5.90. The predicted octanol–water partition coefficient (Wildman–Crippen LogP) is 5.71. The lowest BCUT2D eigenvalue weighted by Crippen LogP contribution is -2.06. The summed E-state index contributed by atoms with van der Waals surface area (Å²) in [4.78, 5) is 0. The van der Waals surface area contributed by atoms with Crippen molar-refractivity contribution in [2.75, 3.05) is 12.4 Å². The molecule has 3 aromatic carbocycles. The van der Waals surface area contributed by atoms with Gasteiger partial charge in [-0.15, -0.1) is 10.2 Å². The number of nitrogens with zero attached hydrogens (tertiary/aromatic N) is 2. The van der Waals surface area contributed by atoms with Gasteiger partial charge in [0, 0.05) is 11.3 Å². The Balaban J connectivity index is 1.42. The SMILES string of the molecule is COc1ccccc1Oc1ccc(NC(C)c2nnc(-c3ccccc3)o2)cc1. The molecule has 1 atom stereocenters. The summed E-state index contributed by atoms with van der Waals surface area (Å²) >= 11 is 0. The van der Waals surface area contributed by atoms with Gasteiger partial charge in [-0.1, -0.05) is 30.3 Å². The number of methoxy groups -OCH3 is 1. The van der Waals surface area contributed by atoms with E-state index >= 15 is 0 Å². The van der Waals surface area contributed by atoms with Crippen molar-refractivity contribution in [2.24, 2.45) is 0 Å². The Bertz CT molecular complexity index is 1060. The standard InChI is InChI=1S/C23H21N3O3/c1-16(22-25-26-23(29-22)17-8-4-3-5-9-17)24-18-12-14-19(15-13-18)28-21-11-7-6-10-20(21)27-2/h3-16,24H,1-2H3. The molecule has 1 heterocycles. The van der Waals surface area contributed by atoms with E-state index in [1.165, 1.54) is 0 Å². The van der Waals surface area contributed by atoms with E-state index in [4.69, 9.17) is 13.9 Å². The van der Waals surface area contributed by atoms with Gasteiger partial charge in [0.25, 0.3) is 0 Å². The lowest BCUT2D eigenvalue weighted by Gasteiger charge is -2.13. The fraction of sp³-hybridized carbons (Fsp3) is 0.130. The first kappa shape index (κ1) is 18.6. The molecule has 0 spiro atoms. The molecule has 1 N–H and O–H groups in total. The third-order valence-electron chi connectivity index (χ3n) is 4.37. The van der Waals surface area contributed by atoms with Crippen LogP contribution >= 0.6 is 0 Å². The summed E-state index contributed by atoms with van der Waals surface area (Å²) in [5, 5.41) is 11.7. The van der Waals surface area contributed by atoms with Crippen LogP contribution in [-0.4, -0.2) is 17.3 Å². The molecule has 1 aromatic heterocycles. The molecule has 6 heteroatoms. The fourth-order valence-corrected chi connectivity index (χ4v) is 2.87. The zero-order valence-electron chi connectivity index (χ0n) is 16.2. The number of para-hydroxylation sites is 2. The molecule has 0 amide bonds. The summed E-state index contributed by atoms with van der Waals surface area (Å²) in [6, 6.07) is 24.8. The minimum Gasteiger partial charge on any atom is -0.493 e. The number of rotatable bonds is 7. The molecule has 0 aliphatic carbocycles. The van der Waals surface area contributed by atoms with E-state index in [1.54, 1.807) is 7.11 Å². The van der Waals surface area contributed by atoms with Crippen molar-refractivity contribution >= 4 is 5.69 Å². The average molecular weight is 387 g/mol. The molecule has 29 heavy (non-hydrogen) atoms. The number of hydrogen-bond donors (Lipinski definition) is 1. The molecular formula is C23H21N3O3. The van der Waals surface area contributed by atoms with Crippen LogP contribution in [0.1, 0.15) is 18.9 Å². The van der Waals surface area contributed by atoms with Crippen LogP contribution in [0.25, 0.3) is 11.5 Å². The zero-order valence-corrected chi connectivity index (χ0v) is 16.2. The van der Waals surface area contributed by atoms with Gasteiger partial charge < -0.3 is 19.2 Å². The third kappa shape index (κ3) is 4.38. The first-order chi connectivity index (χ1) is 14.2. The maximum absolute atomic E-state index is 5.90. The Morgan fingerprint density at radius 3 is 2.24 bits per heavy atom. The van der Waals surface area contributed by atoms with E-state index < -0.39 is 0 Å². The molecule has 0 radical (unpaired) electrons. The smallest absolute Gasteiger partial charge is 0.247 e. The maximum Gasteiger partial charge on any atom is 0.247 e. The summed E-state index contributed by atoms with van der Waals surface area (Å²) < 4.78 is 17.0. The van der Waals surface area contributed by atoms with Crippen molar-refractivity contribution < 1.29 is 13.9 Å². The predicted molar refractivity (Wildman–Crippen MR) is 111 cm³/mol. The number of nitrogens with one attached hydrogen (secondary N) is 1. The van der Waals surface area contributed by atoms with Crippen molar-refractivity contribution in [1.82, 2.24) is 10.2 Å². The van der Waals surface area contributed by atoms with Gasteiger partial charge in [-0.2, -0.15) is 0 Å². The molecule has 0 aliphatic rings. The number of aromatic nitrogens is 2. The van der Waals surface area contributed by atoms with Crippen molar-refractivity contribution in [2.45, 2.75) is 13.0 Å². The summed E-state index contributed by atoms with van der Waals surface area (Å²) in [6.45, 7) is 1.97. The highest BCUT2D eigenvalue weighted by Crippen LogP contribution is 2.31. The van der Waals surface area contributed by atoms with Crippen molar-refractivity contribution in [3.05, 3.63) is 84.8 Å². The molecule has 4 aromatic rings. The molecule has 0 fully saturated rings. The molecule has 0 saturated heterocycles. The first-order valence-corrected chi connectivity index (χ1v) is 9.29. The second kappa shape index (κ2) is 8.48. The van der Waals surface area contributed by atoms with Crippen molar-refractivity contribution in [3.63, 3.8) is 0 Å². The second-order valence-corrected chi connectivity index (χ2v) is 6.45. The minimum absolute atomic E-state index is 0.138. The van der Waals surface area contributed by atoms with Crippen LogP contribution < -0.4 is 14.8 Å². The average Bonchev–Trinajstić information content (AvgIpc) is 3.27. The highest BCUT2D eigenvalue weighted by Gasteiger charge is 2.15. The van der Waals surface area contributed by atoms with Gasteiger partial charge in [0.1, 0.15) is 11.8 Å². The van der Waals surface area contributed by atoms with Gasteiger partial charge in [0.05, 0.1) is 7.11 Å². The van der Waals surface area contributed by atoms with E-state index in [0.29, 0.717) is 23.3 Å². The topological polar surface area (TPSA) is 69.4 Å². The monoisotopic (exact) mass is 387 g/mol. The van der Waals surface area contributed by atoms with Crippen LogP contribution in [-0.2, 0) is 0 Å². The van der Waals surface area contributed by atoms with Crippen molar-refractivity contribution in [3.8, 4) is 28.7 Å². The van der Waals surface area contributed by atoms with E-state index in [0.717, 1.165) is 17.0 Å². The summed E-state index contributed by atoms with van der Waals surface area (Å²) in [5.74, 6) is 3.11. The zero-order chi connectivity index (χ0) is 20.1. The van der Waals surface area contributed by atoms with Gasteiger partial charge in [-0.3, -0.25) is 0 Å². The minimum atomic E-state index is -0.138. The number of ether oxygens (including phenoxy) is 2. The number of hydrogen-bond acceptors (Lipinski definition) is 6. The second-order valence-electron chi connectivity index (χ2n) is 6.45. The van der Waals surface area contributed by atoms with Crippen LogP contribution in [0, 0.1) is 0 Å². The highest BCUT2D eigenvalue weighted by molar-refractivity contribution is 5.52. The Labute approximate surface area is 169 Å². The first-order valence-electron chi connectivity index (χ1n) is 9.29. The Morgan fingerprint density at radius 2 is 1.52 bits per heavy atom. The van der Waals surface area contributed by atoms with Crippen LogP contribution in [0.3, 0.4) is 0 Å². The largest absolute Gasteiger partial charge is 0.493 e. The molecular weight excluding hydrogens is 366 g/mol. The highest BCUT2D eigenvalue weighted by atomic mass is 16.5. The van der Waals surface area contributed by atoms with E-state index in [2.05, 4.69) is 15.5 Å². The van der Waals surface area contributed by atoms with Gasteiger partial charge >= 0.3 is 0 Å². The Hall–Kier alpha value is -3.80. The summed E-state index contributed by atoms with van der Waals surface area (Å²) in [5.41, 5.74) is 1.82. The van der Waals surface area contributed by atoms with E-state index in [9.17, 15) is 0 Å². The van der Waals surface area contributed by atoms with Gasteiger partial charge in [0.15, 0.2) is 11.5 Å². The number of anilines is 1.